The number of allylic oxidation sites excluding steroid dienone is 1. The zero-order valence-corrected chi connectivity index (χ0v) is 12.6. The number of rotatable bonds is 4. The van der Waals surface area contributed by atoms with Crippen LogP contribution in [0.4, 0.5) is 5.69 Å². The van der Waals surface area contributed by atoms with Crippen LogP contribution in [0.15, 0.2) is 24.3 Å². The highest BCUT2D eigenvalue weighted by molar-refractivity contribution is 6.52. The Morgan fingerprint density at radius 3 is 3.00 bits per heavy atom. The third-order valence-corrected chi connectivity index (χ3v) is 4.25. The maximum absolute atomic E-state index is 11.4. The van der Waals surface area contributed by atoms with Crippen LogP contribution in [-0.4, -0.2) is 26.2 Å². The van der Waals surface area contributed by atoms with Crippen molar-refractivity contribution < 1.29 is 14.2 Å². The van der Waals surface area contributed by atoms with Crippen molar-refractivity contribution in [2.45, 2.75) is 25.5 Å². The first-order valence-electron chi connectivity index (χ1n) is 7.81. The van der Waals surface area contributed by atoms with E-state index in [4.69, 9.17) is 15.1 Å². The summed E-state index contributed by atoms with van der Waals surface area (Å²) in [6, 6.07) is 5.86. The van der Waals surface area contributed by atoms with Crippen molar-refractivity contribution in [3.05, 3.63) is 29.8 Å². The summed E-state index contributed by atoms with van der Waals surface area (Å²) in [7, 11) is 0. The molecule has 0 spiro atoms. The highest BCUT2D eigenvalue weighted by Gasteiger charge is 2.23. The molecule has 0 atom stereocenters. The maximum atomic E-state index is 11.4. The summed E-state index contributed by atoms with van der Waals surface area (Å²) >= 11 is 0. The van der Waals surface area contributed by atoms with Crippen LogP contribution in [-0.2, 0) is 9.45 Å². The topological polar surface area (TPSA) is 73.6 Å². The van der Waals surface area contributed by atoms with Gasteiger partial charge >= 0.3 is 0 Å². The molecule has 5 nitrogen and oxygen atoms in total. The molecule has 0 aliphatic carbocycles. The Balaban J connectivity index is 1.59. The fourth-order valence-corrected chi connectivity index (χ4v) is 3.04. The fraction of sp³-hybridized carbons (Fsp3) is 0.438. The van der Waals surface area contributed by atoms with Crippen LogP contribution in [0.2, 0.25) is 12.6 Å². The SMILES string of the molecule is NCOB1CCC(C=Cc2ccc3c(c2)NC(=O)CO3)CC1. The van der Waals surface area contributed by atoms with Gasteiger partial charge in [-0.15, -0.1) is 0 Å². The molecule has 0 bridgehead atoms. The summed E-state index contributed by atoms with van der Waals surface area (Å²) in [5, 5.41) is 2.83. The van der Waals surface area contributed by atoms with Gasteiger partial charge in [-0.3, -0.25) is 4.79 Å². The number of benzene rings is 1. The Hall–Kier alpha value is -1.79. The van der Waals surface area contributed by atoms with Gasteiger partial charge in [0.05, 0.1) is 12.4 Å². The van der Waals surface area contributed by atoms with E-state index >= 15 is 0 Å². The van der Waals surface area contributed by atoms with Gasteiger partial charge in [0.1, 0.15) is 5.75 Å². The number of amides is 1. The predicted molar refractivity (Wildman–Crippen MR) is 87.8 cm³/mol. The number of fused-ring (bicyclic) bond motifs is 1. The molecule has 0 radical (unpaired) electrons. The molecule has 3 rings (SSSR count). The molecule has 3 N–H and O–H groups in total. The molecule has 6 heteroatoms. The minimum atomic E-state index is -0.105. The van der Waals surface area contributed by atoms with E-state index < -0.39 is 0 Å². The molecule has 1 saturated heterocycles. The van der Waals surface area contributed by atoms with Crippen LogP contribution < -0.4 is 15.8 Å². The molecule has 22 heavy (non-hydrogen) atoms. The van der Waals surface area contributed by atoms with Crippen molar-refractivity contribution in [1.29, 1.82) is 0 Å². The van der Waals surface area contributed by atoms with E-state index in [-0.39, 0.29) is 12.5 Å². The van der Waals surface area contributed by atoms with E-state index in [2.05, 4.69) is 17.5 Å². The predicted octanol–water partition coefficient (Wildman–Crippen LogP) is 2.37. The maximum Gasteiger partial charge on any atom is 0.294 e. The summed E-state index contributed by atoms with van der Waals surface area (Å²) in [5.41, 5.74) is 7.24. The summed E-state index contributed by atoms with van der Waals surface area (Å²) in [6.45, 7) is 0.732. The number of carbonyl (C=O) groups excluding carboxylic acids is 1. The molecular formula is C16H21BN2O3. The van der Waals surface area contributed by atoms with Crippen molar-refractivity contribution in [1.82, 2.24) is 0 Å². The number of ether oxygens (including phenoxy) is 1. The van der Waals surface area contributed by atoms with Crippen LogP contribution in [0.5, 0.6) is 5.75 Å². The van der Waals surface area contributed by atoms with Gasteiger partial charge in [-0.2, -0.15) is 0 Å². The Labute approximate surface area is 131 Å². The van der Waals surface area contributed by atoms with E-state index in [1.807, 2.05) is 18.2 Å². The standard InChI is InChI=1S/C16H21BN2O3/c18-11-22-17-7-5-12(6-8-17)1-2-13-3-4-15-14(9-13)19-16(20)10-21-15/h1-4,9,12H,5-8,10-11,18H2,(H,19,20). The molecule has 116 valence electrons. The van der Waals surface area contributed by atoms with E-state index in [1.165, 1.54) is 0 Å². The first kappa shape index (κ1) is 15.1. The van der Waals surface area contributed by atoms with E-state index in [9.17, 15) is 4.79 Å². The van der Waals surface area contributed by atoms with Gasteiger partial charge in [0.15, 0.2) is 6.61 Å². The molecule has 0 saturated carbocycles. The molecule has 0 aromatic heterocycles. The van der Waals surface area contributed by atoms with Gasteiger partial charge in [0, 0.05) is 0 Å². The second-order valence-electron chi connectivity index (χ2n) is 5.82. The Morgan fingerprint density at radius 2 is 2.23 bits per heavy atom. The lowest BCUT2D eigenvalue weighted by atomic mass is 9.54. The van der Waals surface area contributed by atoms with Crippen molar-refractivity contribution in [2.24, 2.45) is 11.7 Å². The Morgan fingerprint density at radius 1 is 1.41 bits per heavy atom. The summed E-state index contributed by atoms with van der Waals surface area (Å²) in [4.78, 5) is 11.4. The zero-order valence-electron chi connectivity index (χ0n) is 12.6. The van der Waals surface area contributed by atoms with Gasteiger partial charge in [0.25, 0.3) is 12.8 Å². The Bertz CT molecular complexity index is 569. The van der Waals surface area contributed by atoms with Crippen molar-refractivity contribution >= 4 is 24.6 Å². The van der Waals surface area contributed by atoms with Gasteiger partial charge in [-0.1, -0.05) is 31.1 Å². The van der Waals surface area contributed by atoms with Crippen molar-refractivity contribution in [2.75, 3.05) is 18.7 Å². The average Bonchev–Trinajstić information content (AvgIpc) is 2.54. The number of nitrogens with two attached hydrogens (primary N) is 1. The largest absolute Gasteiger partial charge is 0.482 e. The molecule has 1 amide bonds. The lowest BCUT2D eigenvalue weighted by Crippen LogP contribution is -2.26. The molecule has 1 aromatic carbocycles. The second kappa shape index (κ2) is 6.98. The zero-order chi connectivity index (χ0) is 15.4. The van der Waals surface area contributed by atoms with Crippen molar-refractivity contribution in [3.8, 4) is 5.75 Å². The highest BCUT2D eigenvalue weighted by Crippen LogP contribution is 2.30. The quantitative estimate of drug-likeness (QED) is 0.661. The normalized spacial score (nSPS) is 19.0. The molecule has 0 unspecified atom stereocenters. The van der Waals surface area contributed by atoms with Gasteiger partial charge in [0.2, 0.25) is 0 Å². The lowest BCUT2D eigenvalue weighted by Gasteiger charge is -2.23. The average molecular weight is 300 g/mol. The van der Waals surface area contributed by atoms with E-state index in [0.717, 1.165) is 42.5 Å². The minimum Gasteiger partial charge on any atom is -0.482 e. The van der Waals surface area contributed by atoms with Crippen LogP contribution in [0.1, 0.15) is 18.4 Å². The van der Waals surface area contributed by atoms with Gasteiger partial charge in [-0.05, 0) is 36.3 Å². The van der Waals surface area contributed by atoms with Crippen molar-refractivity contribution in [3.63, 3.8) is 0 Å². The van der Waals surface area contributed by atoms with Crippen LogP contribution in [0.3, 0.4) is 0 Å². The lowest BCUT2D eigenvalue weighted by molar-refractivity contribution is -0.118. The number of nitrogens with one attached hydrogen (secondary N) is 1. The van der Waals surface area contributed by atoms with Crippen LogP contribution in [0.25, 0.3) is 6.08 Å². The van der Waals surface area contributed by atoms with E-state index in [0.29, 0.717) is 19.6 Å². The summed E-state index contributed by atoms with van der Waals surface area (Å²) < 4.78 is 10.8. The first-order chi connectivity index (χ1) is 10.7. The molecule has 1 aromatic rings. The van der Waals surface area contributed by atoms with Gasteiger partial charge in [-0.25, -0.2) is 0 Å². The van der Waals surface area contributed by atoms with Crippen LogP contribution >= 0.6 is 0 Å². The fourth-order valence-electron chi connectivity index (χ4n) is 3.04. The number of carbonyl (C=O) groups is 1. The number of anilines is 1. The molecular weight excluding hydrogens is 279 g/mol. The summed E-state index contributed by atoms with van der Waals surface area (Å²) in [6.07, 6.45) is 8.78. The summed E-state index contributed by atoms with van der Waals surface area (Å²) in [5.74, 6) is 1.21. The second-order valence-corrected chi connectivity index (χ2v) is 5.82. The number of hydrogen-bond acceptors (Lipinski definition) is 4. The van der Waals surface area contributed by atoms with Crippen LogP contribution in [0, 0.1) is 5.92 Å². The third-order valence-electron chi connectivity index (χ3n) is 4.25. The molecule has 2 aliphatic heterocycles. The smallest absolute Gasteiger partial charge is 0.294 e. The van der Waals surface area contributed by atoms with Gasteiger partial charge < -0.3 is 20.4 Å². The highest BCUT2D eigenvalue weighted by atomic mass is 16.5. The molecule has 2 aliphatic rings. The number of hydrogen-bond donors (Lipinski definition) is 2. The minimum absolute atomic E-state index is 0.0935. The molecule has 2 heterocycles. The third kappa shape index (κ3) is 3.70. The molecule has 1 fully saturated rings. The first-order valence-corrected chi connectivity index (χ1v) is 7.81. The Kier molecular flexibility index (Phi) is 4.80. The van der Waals surface area contributed by atoms with E-state index in [1.54, 1.807) is 0 Å². The monoisotopic (exact) mass is 300 g/mol.